The predicted molar refractivity (Wildman–Crippen MR) is 108 cm³/mol. The van der Waals surface area contributed by atoms with E-state index in [-0.39, 0.29) is 11.5 Å². The van der Waals surface area contributed by atoms with Gasteiger partial charge in [0.05, 0.1) is 12.9 Å². The van der Waals surface area contributed by atoms with Crippen molar-refractivity contribution in [3.63, 3.8) is 0 Å². The average Bonchev–Trinajstić information content (AvgIpc) is 2.67. The summed E-state index contributed by atoms with van der Waals surface area (Å²) in [5.41, 5.74) is 0.634. The highest BCUT2D eigenvalue weighted by atomic mass is 32.2. The molecule has 0 unspecified atom stereocenters. The number of benzene rings is 3. The molecule has 0 spiro atoms. The van der Waals surface area contributed by atoms with Gasteiger partial charge in [0.2, 0.25) is 10.0 Å². The van der Waals surface area contributed by atoms with Crippen molar-refractivity contribution >= 4 is 26.8 Å². The molecule has 1 N–H and O–H groups in total. The molecule has 0 fully saturated rings. The molecule has 0 bridgehead atoms. The highest BCUT2D eigenvalue weighted by Gasteiger charge is 2.22. The number of rotatable bonds is 7. The molecule has 0 aliphatic rings. The molecule has 3 aromatic rings. The fourth-order valence-corrected chi connectivity index (χ4v) is 4.18. The van der Waals surface area contributed by atoms with E-state index in [9.17, 15) is 13.2 Å². The monoisotopic (exact) mass is 399 g/mol. The minimum atomic E-state index is -3.69. The maximum atomic E-state index is 12.4. The lowest BCUT2D eigenvalue weighted by atomic mass is 10.1. The molecule has 0 heterocycles. The molecule has 28 heavy (non-hydrogen) atoms. The van der Waals surface area contributed by atoms with Crippen molar-refractivity contribution in [2.45, 2.75) is 18.7 Å². The van der Waals surface area contributed by atoms with E-state index >= 15 is 0 Å². The number of carbonyl (C=O) groups excluding carboxylic acids is 1. The molecule has 0 radical (unpaired) electrons. The van der Waals surface area contributed by atoms with E-state index in [0.29, 0.717) is 11.3 Å². The molecule has 3 aromatic carbocycles. The van der Waals surface area contributed by atoms with Gasteiger partial charge in [-0.3, -0.25) is 0 Å². The SMILES string of the molecule is COc1cc(OC(=O)[C@H](C)NS(=O)(=O)Cc2ccccc2)cc2ccccc12. The molecule has 0 saturated heterocycles. The maximum Gasteiger partial charge on any atom is 0.329 e. The van der Waals surface area contributed by atoms with E-state index in [1.807, 2.05) is 24.3 Å². The van der Waals surface area contributed by atoms with Crippen LogP contribution in [0.2, 0.25) is 0 Å². The topological polar surface area (TPSA) is 81.7 Å². The number of methoxy groups -OCH3 is 1. The molecule has 1 atom stereocenters. The average molecular weight is 399 g/mol. The number of esters is 1. The Morgan fingerprint density at radius 1 is 1.04 bits per heavy atom. The van der Waals surface area contributed by atoms with Crippen LogP contribution in [0.5, 0.6) is 11.5 Å². The van der Waals surface area contributed by atoms with Crippen LogP contribution in [0, 0.1) is 0 Å². The standard InChI is InChI=1S/C21H21NO5S/c1-15(22-28(24,25)14-16-8-4-3-5-9-16)21(23)27-18-12-17-10-6-7-11-19(17)20(13-18)26-2/h3-13,15,22H,14H2,1-2H3/t15-/m0/s1. The summed E-state index contributed by atoms with van der Waals surface area (Å²) < 4.78 is 37.7. The minimum absolute atomic E-state index is 0.213. The Balaban J connectivity index is 1.71. The summed E-state index contributed by atoms with van der Waals surface area (Å²) in [4.78, 5) is 12.4. The molecule has 6 nitrogen and oxygen atoms in total. The van der Waals surface area contributed by atoms with Gasteiger partial charge in [0.15, 0.2) is 0 Å². The zero-order chi connectivity index (χ0) is 20.1. The van der Waals surface area contributed by atoms with Crippen molar-refractivity contribution < 1.29 is 22.7 Å². The van der Waals surface area contributed by atoms with Gasteiger partial charge in [-0.15, -0.1) is 0 Å². The molecular weight excluding hydrogens is 378 g/mol. The first-order valence-corrected chi connectivity index (χ1v) is 10.4. The third-order valence-corrected chi connectivity index (χ3v) is 5.57. The summed E-state index contributed by atoms with van der Waals surface area (Å²) in [6.45, 7) is 1.45. The van der Waals surface area contributed by atoms with Crippen molar-refractivity contribution in [3.05, 3.63) is 72.3 Å². The van der Waals surface area contributed by atoms with Gasteiger partial charge >= 0.3 is 5.97 Å². The largest absolute Gasteiger partial charge is 0.496 e. The highest BCUT2D eigenvalue weighted by Crippen LogP contribution is 2.31. The first-order valence-electron chi connectivity index (χ1n) is 8.70. The summed E-state index contributed by atoms with van der Waals surface area (Å²) in [5, 5.41) is 1.74. The van der Waals surface area contributed by atoms with E-state index in [4.69, 9.17) is 9.47 Å². The van der Waals surface area contributed by atoms with E-state index < -0.39 is 22.0 Å². The second-order valence-electron chi connectivity index (χ2n) is 6.35. The number of hydrogen-bond acceptors (Lipinski definition) is 5. The fourth-order valence-electron chi connectivity index (χ4n) is 2.83. The normalized spacial score (nSPS) is 12.5. The quantitative estimate of drug-likeness (QED) is 0.487. The number of nitrogens with one attached hydrogen (secondary N) is 1. The number of hydrogen-bond donors (Lipinski definition) is 1. The van der Waals surface area contributed by atoms with Gasteiger partial charge in [-0.05, 0) is 23.9 Å². The second-order valence-corrected chi connectivity index (χ2v) is 8.11. The molecule has 7 heteroatoms. The van der Waals surface area contributed by atoms with E-state index in [1.54, 1.807) is 42.5 Å². The van der Waals surface area contributed by atoms with Crippen LogP contribution in [0.15, 0.2) is 66.7 Å². The molecule has 0 aliphatic carbocycles. The van der Waals surface area contributed by atoms with Gasteiger partial charge in [0, 0.05) is 11.5 Å². The summed E-state index contributed by atoms with van der Waals surface area (Å²) in [5.74, 6) is -0.0586. The van der Waals surface area contributed by atoms with E-state index in [0.717, 1.165) is 10.8 Å². The van der Waals surface area contributed by atoms with Crippen LogP contribution in [0.1, 0.15) is 12.5 Å². The molecular formula is C21H21NO5S. The Morgan fingerprint density at radius 2 is 1.71 bits per heavy atom. The molecule has 3 rings (SSSR count). The lowest BCUT2D eigenvalue weighted by molar-refractivity contribution is -0.135. The van der Waals surface area contributed by atoms with Crippen LogP contribution < -0.4 is 14.2 Å². The van der Waals surface area contributed by atoms with Crippen LogP contribution in [0.25, 0.3) is 10.8 Å². The Labute approximate surface area is 164 Å². The maximum absolute atomic E-state index is 12.4. The Bertz CT molecular complexity index is 1080. The number of ether oxygens (including phenoxy) is 2. The van der Waals surface area contributed by atoms with Crippen molar-refractivity contribution in [3.8, 4) is 11.5 Å². The number of sulfonamides is 1. The van der Waals surface area contributed by atoms with Crippen LogP contribution in [-0.4, -0.2) is 27.5 Å². The van der Waals surface area contributed by atoms with Crippen LogP contribution in [0.3, 0.4) is 0 Å². The summed E-state index contributed by atoms with van der Waals surface area (Å²) in [6, 6.07) is 18.6. The van der Waals surface area contributed by atoms with Gasteiger partial charge in [0.25, 0.3) is 0 Å². The molecule has 0 amide bonds. The Hall–Kier alpha value is -2.90. The fraction of sp³-hybridized carbons (Fsp3) is 0.190. The van der Waals surface area contributed by atoms with Crippen molar-refractivity contribution in [2.75, 3.05) is 7.11 Å². The molecule has 0 aliphatic heterocycles. The van der Waals surface area contributed by atoms with E-state index in [1.165, 1.54) is 14.0 Å². The minimum Gasteiger partial charge on any atom is -0.496 e. The highest BCUT2D eigenvalue weighted by molar-refractivity contribution is 7.88. The van der Waals surface area contributed by atoms with Gasteiger partial charge < -0.3 is 9.47 Å². The van der Waals surface area contributed by atoms with Crippen LogP contribution >= 0.6 is 0 Å². The third kappa shape index (κ3) is 4.88. The first-order chi connectivity index (χ1) is 13.4. The second kappa shape index (κ2) is 8.41. The van der Waals surface area contributed by atoms with Gasteiger partial charge in [-0.2, -0.15) is 0 Å². The predicted octanol–water partition coefficient (Wildman–Crippen LogP) is 3.26. The van der Waals surface area contributed by atoms with Crippen molar-refractivity contribution in [2.24, 2.45) is 0 Å². The van der Waals surface area contributed by atoms with Crippen molar-refractivity contribution in [1.29, 1.82) is 0 Å². The van der Waals surface area contributed by atoms with Crippen LogP contribution in [0.4, 0.5) is 0 Å². The number of fused-ring (bicyclic) bond motifs is 1. The molecule has 146 valence electrons. The zero-order valence-electron chi connectivity index (χ0n) is 15.6. The van der Waals surface area contributed by atoms with Crippen LogP contribution in [-0.2, 0) is 20.6 Å². The Morgan fingerprint density at radius 3 is 2.43 bits per heavy atom. The molecule has 0 aromatic heterocycles. The lowest BCUT2D eigenvalue weighted by Gasteiger charge is -2.15. The van der Waals surface area contributed by atoms with E-state index in [2.05, 4.69) is 4.72 Å². The van der Waals surface area contributed by atoms with Gasteiger partial charge in [-0.25, -0.2) is 17.9 Å². The summed E-state index contributed by atoms with van der Waals surface area (Å²) >= 11 is 0. The number of carbonyl (C=O) groups is 1. The summed E-state index contributed by atoms with van der Waals surface area (Å²) in [6.07, 6.45) is 0. The van der Waals surface area contributed by atoms with Gasteiger partial charge in [-0.1, -0.05) is 54.6 Å². The molecule has 0 saturated carbocycles. The third-order valence-electron chi connectivity index (χ3n) is 4.15. The Kier molecular flexibility index (Phi) is 5.96. The zero-order valence-corrected chi connectivity index (χ0v) is 16.4. The van der Waals surface area contributed by atoms with Gasteiger partial charge in [0.1, 0.15) is 17.5 Å². The lowest BCUT2D eigenvalue weighted by Crippen LogP contribution is -2.41. The summed E-state index contributed by atoms with van der Waals surface area (Å²) in [7, 11) is -2.16. The first kappa shape index (κ1) is 19.9. The smallest absolute Gasteiger partial charge is 0.329 e. The van der Waals surface area contributed by atoms with Crippen molar-refractivity contribution in [1.82, 2.24) is 4.72 Å².